The van der Waals surface area contributed by atoms with Crippen LogP contribution in [0.2, 0.25) is 5.02 Å². The van der Waals surface area contributed by atoms with Gasteiger partial charge in [0.15, 0.2) is 0 Å². The second kappa shape index (κ2) is 7.14. The summed E-state index contributed by atoms with van der Waals surface area (Å²) >= 11 is 6.17. The summed E-state index contributed by atoms with van der Waals surface area (Å²) in [6, 6.07) is 13.9. The molecule has 0 radical (unpaired) electrons. The van der Waals surface area contributed by atoms with E-state index < -0.39 is 0 Å². The third-order valence-electron chi connectivity index (χ3n) is 5.13. The van der Waals surface area contributed by atoms with Gasteiger partial charge in [0.1, 0.15) is 6.54 Å². The summed E-state index contributed by atoms with van der Waals surface area (Å²) in [6.45, 7) is 4.15. The molecule has 1 aromatic heterocycles. The van der Waals surface area contributed by atoms with Gasteiger partial charge in [0.2, 0.25) is 5.91 Å². The van der Waals surface area contributed by atoms with E-state index in [4.69, 9.17) is 11.6 Å². The summed E-state index contributed by atoms with van der Waals surface area (Å²) in [5.41, 5.74) is 5.44. The fourth-order valence-electron chi connectivity index (χ4n) is 3.79. The molecule has 2 aromatic carbocycles. The summed E-state index contributed by atoms with van der Waals surface area (Å²) in [7, 11) is 0. The van der Waals surface area contributed by atoms with Crippen LogP contribution >= 0.6 is 11.6 Å². The molecule has 4 nitrogen and oxygen atoms in total. The number of aromatic nitrogens is 1. The lowest BCUT2D eigenvalue weighted by molar-refractivity contribution is -0.116. The van der Waals surface area contributed by atoms with Crippen LogP contribution in [0.3, 0.4) is 0 Å². The Balaban J connectivity index is 1.67. The molecule has 0 saturated carbocycles. The largest absolute Gasteiger partial charge is 0.335 e. The second-order valence-corrected chi connectivity index (χ2v) is 7.15. The predicted octanol–water partition coefficient (Wildman–Crippen LogP) is 3.93. The average molecular weight is 368 g/mol. The number of para-hydroxylation sites is 1. The molecule has 1 aliphatic heterocycles. The van der Waals surface area contributed by atoms with Crippen molar-refractivity contribution >= 4 is 34.1 Å². The van der Waals surface area contributed by atoms with Gasteiger partial charge in [0, 0.05) is 40.3 Å². The number of rotatable bonds is 3. The molecule has 0 saturated heterocycles. The molecule has 0 spiro atoms. The van der Waals surface area contributed by atoms with Crippen LogP contribution in [0.5, 0.6) is 0 Å². The van der Waals surface area contributed by atoms with Crippen LogP contribution in [0.4, 0.5) is 5.69 Å². The van der Waals surface area contributed by atoms with Gasteiger partial charge in [-0.2, -0.15) is 0 Å². The minimum atomic E-state index is -0.0314. The van der Waals surface area contributed by atoms with Gasteiger partial charge in [-0.1, -0.05) is 35.9 Å². The van der Waals surface area contributed by atoms with Crippen LogP contribution in [-0.2, 0) is 24.2 Å². The van der Waals surface area contributed by atoms with E-state index in [9.17, 15) is 4.79 Å². The van der Waals surface area contributed by atoms with Gasteiger partial charge in [-0.05, 0) is 49.2 Å². The maximum absolute atomic E-state index is 12.8. The quantitative estimate of drug-likeness (QED) is 0.736. The molecule has 4 rings (SSSR count). The third kappa shape index (κ3) is 3.11. The van der Waals surface area contributed by atoms with E-state index in [2.05, 4.69) is 33.4 Å². The van der Waals surface area contributed by atoms with Crippen LogP contribution in [0.25, 0.3) is 10.9 Å². The Morgan fingerprint density at radius 2 is 1.96 bits per heavy atom. The van der Waals surface area contributed by atoms with Gasteiger partial charge >= 0.3 is 0 Å². The van der Waals surface area contributed by atoms with Crippen molar-refractivity contribution in [3.8, 4) is 0 Å². The molecule has 134 valence electrons. The van der Waals surface area contributed by atoms with Gasteiger partial charge in [0.05, 0.1) is 0 Å². The number of hydrogen-bond donors (Lipinski definition) is 2. The molecular formula is C21H22ClN3O. The van der Waals surface area contributed by atoms with E-state index in [-0.39, 0.29) is 5.91 Å². The first-order valence-electron chi connectivity index (χ1n) is 9.00. The van der Waals surface area contributed by atoms with Crippen molar-refractivity contribution in [2.24, 2.45) is 0 Å². The number of anilines is 1. The number of halogens is 1. The van der Waals surface area contributed by atoms with E-state index in [0.717, 1.165) is 42.7 Å². The Morgan fingerprint density at radius 3 is 2.85 bits per heavy atom. The van der Waals surface area contributed by atoms with Crippen molar-refractivity contribution in [2.75, 3.05) is 18.4 Å². The van der Waals surface area contributed by atoms with Crippen molar-refractivity contribution in [3.05, 3.63) is 64.3 Å². The molecule has 2 N–H and O–H groups in total. The molecule has 0 bridgehead atoms. The number of nitrogens with one attached hydrogen (secondary N) is 2. The predicted molar refractivity (Wildman–Crippen MR) is 107 cm³/mol. The molecule has 1 amide bonds. The average Bonchev–Trinajstić information content (AvgIpc) is 2.79. The Bertz CT molecular complexity index is 977. The molecule has 0 unspecified atom stereocenters. The van der Waals surface area contributed by atoms with Crippen LogP contribution in [-0.4, -0.2) is 23.6 Å². The van der Waals surface area contributed by atoms with Gasteiger partial charge in [0.25, 0.3) is 0 Å². The van der Waals surface area contributed by atoms with E-state index in [0.29, 0.717) is 11.6 Å². The summed E-state index contributed by atoms with van der Waals surface area (Å²) in [6.07, 6.45) is 1.94. The van der Waals surface area contributed by atoms with Gasteiger partial charge in [-0.3, -0.25) is 4.79 Å². The van der Waals surface area contributed by atoms with Crippen molar-refractivity contribution < 1.29 is 4.79 Å². The van der Waals surface area contributed by atoms with Gasteiger partial charge in [-0.25, -0.2) is 0 Å². The lowest BCUT2D eigenvalue weighted by Crippen LogP contribution is -2.21. The van der Waals surface area contributed by atoms with E-state index in [1.54, 1.807) is 0 Å². The van der Waals surface area contributed by atoms with Crippen molar-refractivity contribution in [1.29, 1.82) is 0 Å². The maximum Gasteiger partial charge on any atom is 0.244 e. The van der Waals surface area contributed by atoms with Crippen LogP contribution in [0.1, 0.15) is 16.8 Å². The number of amides is 1. The molecule has 2 heterocycles. The Kier molecular flexibility index (Phi) is 4.70. The zero-order valence-corrected chi connectivity index (χ0v) is 15.6. The minimum Gasteiger partial charge on any atom is -0.335 e. The number of carbonyl (C=O) groups excluding carboxylic acids is 1. The smallest absolute Gasteiger partial charge is 0.244 e. The second-order valence-electron chi connectivity index (χ2n) is 6.74. The third-order valence-corrected chi connectivity index (χ3v) is 5.54. The summed E-state index contributed by atoms with van der Waals surface area (Å²) < 4.78 is 2.17. The summed E-state index contributed by atoms with van der Waals surface area (Å²) in [5.74, 6) is -0.0314. The molecule has 5 heteroatoms. The first-order valence-corrected chi connectivity index (χ1v) is 9.37. The van der Waals surface area contributed by atoms with Crippen molar-refractivity contribution in [3.63, 3.8) is 0 Å². The minimum absolute atomic E-state index is 0.0314. The summed E-state index contributed by atoms with van der Waals surface area (Å²) in [5, 5.41) is 8.39. The molecule has 1 aliphatic rings. The highest BCUT2D eigenvalue weighted by Gasteiger charge is 2.20. The number of nitrogens with zero attached hydrogens (tertiary/aromatic N) is 1. The Morgan fingerprint density at radius 1 is 1.15 bits per heavy atom. The maximum atomic E-state index is 12.8. The molecule has 0 atom stereocenters. The van der Waals surface area contributed by atoms with Crippen molar-refractivity contribution in [1.82, 2.24) is 9.88 Å². The molecule has 0 fully saturated rings. The Hall–Kier alpha value is -2.30. The topological polar surface area (TPSA) is 46.1 Å². The number of hydrogen-bond acceptors (Lipinski definition) is 2. The number of carbonyl (C=O) groups is 1. The first-order chi connectivity index (χ1) is 12.6. The van der Waals surface area contributed by atoms with E-state index in [1.807, 2.05) is 31.2 Å². The first kappa shape index (κ1) is 17.1. The monoisotopic (exact) mass is 367 g/mol. The number of benzene rings is 2. The highest BCUT2D eigenvalue weighted by Crippen LogP contribution is 2.28. The molecule has 0 aliphatic carbocycles. The standard InChI is InChI=1S/C21H22ClN3O/c1-14-17(22)6-4-7-18(14)24-21(26)13-25-19-8-3-2-5-15(19)16-9-11-23-12-10-20(16)25/h2-8,23H,9-13H2,1H3,(H,24,26). The molecule has 26 heavy (non-hydrogen) atoms. The lowest BCUT2D eigenvalue weighted by Gasteiger charge is -2.13. The van der Waals surface area contributed by atoms with Crippen LogP contribution < -0.4 is 10.6 Å². The zero-order chi connectivity index (χ0) is 18.1. The van der Waals surface area contributed by atoms with Gasteiger partial charge < -0.3 is 15.2 Å². The highest BCUT2D eigenvalue weighted by atomic mass is 35.5. The van der Waals surface area contributed by atoms with Crippen LogP contribution in [0.15, 0.2) is 42.5 Å². The van der Waals surface area contributed by atoms with E-state index in [1.165, 1.54) is 16.6 Å². The molecular weight excluding hydrogens is 346 g/mol. The summed E-state index contributed by atoms with van der Waals surface area (Å²) in [4.78, 5) is 12.8. The zero-order valence-electron chi connectivity index (χ0n) is 14.8. The van der Waals surface area contributed by atoms with Gasteiger partial charge in [-0.15, -0.1) is 0 Å². The normalized spacial score (nSPS) is 14.1. The molecule has 3 aromatic rings. The fourth-order valence-corrected chi connectivity index (χ4v) is 3.97. The van der Waals surface area contributed by atoms with Crippen LogP contribution in [0, 0.1) is 6.92 Å². The Labute approximate surface area is 158 Å². The van der Waals surface area contributed by atoms with E-state index >= 15 is 0 Å². The highest BCUT2D eigenvalue weighted by molar-refractivity contribution is 6.31. The number of fused-ring (bicyclic) bond motifs is 3. The lowest BCUT2D eigenvalue weighted by atomic mass is 10.1. The van der Waals surface area contributed by atoms with Crippen molar-refractivity contribution in [2.45, 2.75) is 26.3 Å². The SMILES string of the molecule is Cc1c(Cl)cccc1NC(=O)Cn1c2c(c3ccccc31)CCNCC2. The fraction of sp³-hybridized carbons (Fsp3) is 0.286.